The van der Waals surface area contributed by atoms with Crippen LogP contribution in [0.25, 0.3) is 0 Å². The fourth-order valence-electron chi connectivity index (χ4n) is 2.28. The summed E-state index contributed by atoms with van der Waals surface area (Å²) < 4.78 is 0. The van der Waals surface area contributed by atoms with E-state index < -0.39 is 0 Å². The van der Waals surface area contributed by atoms with Crippen LogP contribution in [0.4, 0.5) is 0 Å². The molecule has 0 radical (unpaired) electrons. The first-order valence-electron chi connectivity index (χ1n) is 6.41. The summed E-state index contributed by atoms with van der Waals surface area (Å²) in [6.07, 6.45) is 2.68. The maximum atomic E-state index is 11.6. The fourth-order valence-corrected chi connectivity index (χ4v) is 2.55. The summed E-state index contributed by atoms with van der Waals surface area (Å²) in [5, 5.41) is 0. The number of carbonyl (C=O) groups is 1. The molecular formula is C12H23N3OS. The lowest BCUT2D eigenvalue weighted by Gasteiger charge is -2.38. The predicted octanol–water partition coefficient (Wildman–Crippen LogP) is 0.995. The second-order valence-electron chi connectivity index (χ2n) is 4.48. The summed E-state index contributed by atoms with van der Waals surface area (Å²) >= 11 is 5.12. The van der Waals surface area contributed by atoms with Crippen molar-refractivity contribution < 1.29 is 4.79 Å². The maximum Gasteiger partial charge on any atom is 0.222 e. The Labute approximate surface area is 109 Å². The van der Waals surface area contributed by atoms with Crippen LogP contribution in [0.15, 0.2) is 0 Å². The van der Waals surface area contributed by atoms with Crippen LogP contribution in [-0.4, -0.2) is 52.9 Å². The van der Waals surface area contributed by atoms with E-state index in [0.717, 1.165) is 39.0 Å². The van der Waals surface area contributed by atoms with Crippen LogP contribution in [0.5, 0.6) is 0 Å². The van der Waals surface area contributed by atoms with Crippen molar-refractivity contribution in [3.8, 4) is 0 Å². The highest BCUT2D eigenvalue weighted by molar-refractivity contribution is 7.80. The zero-order valence-corrected chi connectivity index (χ0v) is 11.6. The van der Waals surface area contributed by atoms with E-state index in [1.165, 1.54) is 0 Å². The lowest BCUT2D eigenvalue weighted by Crippen LogP contribution is -2.54. The molecule has 1 rings (SSSR count). The van der Waals surface area contributed by atoms with Gasteiger partial charge < -0.3 is 10.6 Å². The Morgan fingerprint density at radius 3 is 2.29 bits per heavy atom. The number of piperazine rings is 1. The van der Waals surface area contributed by atoms with Gasteiger partial charge in [0.2, 0.25) is 5.91 Å². The number of nitrogens with zero attached hydrogens (tertiary/aromatic N) is 2. The van der Waals surface area contributed by atoms with E-state index >= 15 is 0 Å². The molecule has 1 aliphatic heterocycles. The van der Waals surface area contributed by atoms with Crippen LogP contribution in [0, 0.1) is 0 Å². The molecule has 1 saturated heterocycles. The average molecular weight is 257 g/mol. The van der Waals surface area contributed by atoms with E-state index in [9.17, 15) is 4.79 Å². The minimum Gasteiger partial charge on any atom is -0.392 e. The van der Waals surface area contributed by atoms with Crippen LogP contribution < -0.4 is 5.73 Å². The molecular weight excluding hydrogens is 234 g/mol. The van der Waals surface area contributed by atoms with Gasteiger partial charge in [-0.1, -0.05) is 32.5 Å². The minimum atomic E-state index is 0.203. The van der Waals surface area contributed by atoms with Gasteiger partial charge in [-0.15, -0.1) is 0 Å². The second kappa shape index (κ2) is 6.91. The van der Waals surface area contributed by atoms with Crippen LogP contribution >= 0.6 is 12.2 Å². The van der Waals surface area contributed by atoms with Gasteiger partial charge in [-0.05, 0) is 6.42 Å². The first-order chi connectivity index (χ1) is 8.10. The van der Waals surface area contributed by atoms with Gasteiger partial charge in [-0.3, -0.25) is 9.69 Å². The zero-order chi connectivity index (χ0) is 12.8. The Morgan fingerprint density at radius 1 is 1.29 bits per heavy atom. The maximum absolute atomic E-state index is 11.6. The predicted molar refractivity (Wildman–Crippen MR) is 73.9 cm³/mol. The number of amides is 1. The highest BCUT2D eigenvalue weighted by atomic mass is 32.1. The van der Waals surface area contributed by atoms with Crippen molar-refractivity contribution >= 4 is 23.1 Å². The van der Waals surface area contributed by atoms with Crippen molar-refractivity contribution in [2.45, 2.75) is 39.2 Å². The summed E-state index contributed by atoms with van der Waals surface area (Å²) in [5.41, 5.74) is 5.78. The zero-order valence-electron chi connectivity index (χ0n) is 10.8. The van der Waals surface area contributed by atoms with Crippen LogP contribution in [0.1, 0.15) is 33.1 Å². The molecule has 2 N–H and O–H groups in total. The van der Waals surface area contributed by atoms with Crippen molar-refractivity contribution in [3.05, 3.63) is 0 Å². The normalized spacial score (nSPS) is 19.1. The summed E-state index contributed by atoms with van der Waals surface area (Å²) in [4.78, 5) is 16.4. The molecule has 0 aliphatic carbocycles. The molecule has 0 aromatic carbocycles. The fraction of sp³-hybridized carbons (Fsp3) is 0.833. The third-order valence-corrected chi connectivity index (χ3v) is 3.57. The monoisotopic (exact) mass is 257 g/mol. The number of carbonyl (C=O) groups excluding carboxylic acids is 1. The third-order valence-electron chi connectivity index (χ3n) is 3.30. The summed E-state index contributed by atoms with van der Waals surface area (Å²) in [5.74, 6) is 0.243. The largest absolute Gasteiger partial charge is 0.392 e. The molecule has 0 saturated carbocycles. The van der Waals surface area contributed by atoms with E-state index in [1.54, 1.807) is 0 Å². The lowest BCUT2D eigenvalue weighted by atomic mass is 10.1. The highest BCUT2D eigenvalue weighted by Gasteiger charge is 2.26. The Morgan fingerprint density at radius 2 is 1.88 bits per heavy atom. The smallest absolute Gasteiger partial charge is 0.222 e. The summed E-state index contributed by atoms with van der Waals surface area (Å²) in [6, 6.07) is 0.203. The third kappa shape index (κ3) is 3.92. The van der Waals surface area contributed by atoms with E-state index in [0.29, 0.717) is 11.4 Å². The molecule has 0 bridgehead atoms. The molecule has 1 amide bonds. The highest BCUT2D eigenvalue weighted by Crippen LogP contribution is 2.12. The van der Waals surface area contributed by atoms with E-state index in [2.05, 4.69) is 11.8 Å². The Bertz CT molecular complexity index is 275. The van der Waals surface area contributed by atoms with Gasteiger partial charge in [-0.25, -0.2) is 0 Å². The molecule has 1 unspecified atom stereocenters. The van der Waals surface area contributed by atoms with Crippen LogP contribution in [0.2, 0.25) is 0 Å². The van der Waals surface area contributed by atoms with Gasteiger partial charge in [0.15, 0.2) is 0 Å². The van der Waals surface area contributed by atoms with Gasteiger partial charge in [0.1, 0.15) is 0 Å². The molecule has 0 spiro atoms. The number of hydrogen-bond acceptors (Lipinski definition) is 3. The quantitative estimate of drug-likeness (QED) is 0.746. The van der Waals surface area contributed by atoms with E-state index in [4.69, 9.17) is 18.0 Å². The summed E-state index contributed by atoms with van der Waals surface area (Å²) in [7, 11) is 0. The van der Waals surface area contributed by atoms with E-state index in [1.807, 2.05) is 11.8 Å². The molecule has 1 aliphatic rings. The number of hydrogen-bond donors (Lipinski definition) is 1. The van der Waals surface area contributed by atoms with Crippen molar-refractivity contribution in [2.24, 2.45) is 5.73 Å². The average Bonchev–Trinajstić information content (AvgIpc) is 2.35. The van der Waals surface area contributed by atoms with Crippen LogP contribution in [0.3, 0.4) is 0 Å². The van der Waals surface area contributed by atoms with Crippen molar-refractivity contribution in [2.75, 3.05) is 26.2 Å². The molecule has 4 nitrogen and oxygen atoms in total. The van der Waals surface area contributed by atoms with Gasteiger partial charge in [-0.2, -0.15) is 0 Å². The minimum absolute atomic E-state index is 0.203. The van der Waals surface area contributed by atoms with Crippen molar-refractivity contribution in [1.82, 2.24) is 9.80 Å². The van der Waals surface area contributed by atoms with Gasteiger partial charge in [0, 0.05) is 32.6 Å². The van der Waals surface area contributed by atoms with Crippen molar-refractivity contribution in [3.63, 3.8) is 0 Å². The molecule has 1 fully saturated rings. The molecule has 98 valence electrons. The molecule has 5 heteroatoms. The molecule has 0 aromatic rings. The van der Waals surface area contributed by atoms with Crippen molar-refractivity contribution in [1.29, 1.82) is 0 Å². The van der Waals surface area contributed by atoms with Gasteiger partial charge in [0.25, 0.3) is 0 Å². The molecule has 0 aromatic heterocycles. The standard InChI is InChI=1S/C12H23N3OS/c1-3-5-10(12(13)17)14-6-8-15(9-7-14)11(16)4-2/h10H,3-9H2,1-2H3,(H2,13,17). The van der Waals surface area contributed by atoms with Crippen LogP contribution in [-0.2, 0) is 4.79 Å². The number of rotatable bonds is 5. The number of thiocarbonyl (C=S) groups is 1. The summed E-state index contributed by atoms with van der Waals surface area (Å²) in [6.45, 7) is 7.41. The van der Waals surface area contributed by atoms with E-state index in [-0.39, 0.29) is 11.9 Å². The molecule has 1 heterocycles. The first kappa shape index (κ1) is 14.4. The van der Waals surface area contributed by atoms with Gasteiger partial charge in [0.05, 0.1) is 11.0 Å². The SMILES string of the molecule is CCCC(C(N)=S)N1CCN(C(=O)CC)CC1. The molecule has 17 heavy (non-hydrogen) atoms. The second-order valence-corrected chi connectivity index (χ2v) is 4.95. The topological polar surface area (TPSA) is 49.6 Å². The molecule has 1 atom stereocenters. The Kier molecular flexibility index (Phi) is 5.85. The van der Waals surface area contributed by atoms with Gasteiger partial charge >= 0.3 is 0 Å². The number of nitrogens with two attached hydrogens (primary N) is 1. The Hall–Kier alpha value is -0.680. The first-order valence-corrected chi connectivity index (χ1v) is 6.82. The Balaban J connectivity index is 2.49. The lowest BCUT2D eigenvalue weighted by molar-refractivity contribution is -0.132.